The SMILES string of the molecule is COc1cc2c(cc1SSc1cc3c(cc1OC)CC(NC(C)=O)CC3)CCC(NC(C)=O)C2. The third kappa shape index (κ3) is 5.84. The van der Waals surface area contributed by atoms with Crippen LogP contribution in [0.2, 0.25) is 0 Å². The van der Waals surface area contributed by atoms with E-state index in [1.165, 1.54) is 22.3 Å². The quantitative estimate of drug-likeness (QED) is 0.546. The number of ether oxygens (including phenoxy) is 2. The highest BCUT2D eigenvalue weighted by Gasteiger charge is 2.24. The summed E-state index contributed by atoms with van der Waals surface area (Å²) >= 11 is 0. The highest BCUT2D eigenvalue weighted by molar-refractivity contribution is 8.76. The second kappa shape index (κ2) is 11.0. The Kier molecular flexibility index (Phi) is 7.99. The molecule has 2 aromatic rings. The zero-order valence-electron chi connectivity index (χ0n) is 20.2. The van der Waals surface area contributed by atoms with Crippen molar-refractivity contribution in [3.05, 3.63) is 46.5 Å². The molecule has 0 aromatic heterocycles. The van der Waals surface area contributed by atoms with Crippen molar-refractivity contribution in [2.75, 3.05) is 14.2 Å². The monoisotopic (exact) mass is 500 g/mol. The fourth-order valence-electron chi connectivity index (χ4n) is 4.89. The predicted molar refractivity (Wildman–Crippen MR) is 137 cm³/mol. The molecule has 34 heavy (non-hydrogen) atoms. The van der Waals surface area contributed by atoms with E-state index < -0.39 is 0 Å². The van der Waals surface area contributed by atoms with Crippen LogP contribution in [0, 0.1) is 0 Å². The molecule has 2 unspecified atom stereocenters. The van der Waals surface area contributed by atoms with Gasteiger partial charge in [0.15, 0.2) is 0 Å². The Bertz CT molecular complexity index is 1000. The van der Waals surface area contributed by atoms with Gasteiger partial charge in [0.25, 0.3) is 0 Å². The summed E-state index contributed by atoms with van der Waals surface area (Å²) in [6.45, 7) is 3.15. The Balaban J connectivity index is 1.50. The summed E-state index contributed by atoms with van der Waals surface area (Å²) in [7, 11) is 6.77. The zero-order valence-corrected chi connectivity index (χ0v) is 21.8. The molecule has 0 saturated carbocycles. The minimum absolute atomic E-state index is 0.0219. The Morgan fingerprint density at radius 3 is 1.50 bits per heavy atom. The molecule has 0 bridgehead atoms. The van der Waals surface area contributed by atoms with Crippen LogP contribution in [0.1, 0.15) is 48.9 Å². The van der Waals surface area contributed by atoms with E-state index in [1.807, 2.05) is 0 Å². The Morgan fingerprint density at radius 2 is 1.15 bits per heavy atom. The van der Waals surface area contributed by atoms with E-state index in [2.05, 4.69) is 34.9 Å². The van der Waals surface area contributed by atoms with Crippen LogP contribution in [0.25, 0.3) is 0 Å². The number of methoxy groups -OCH3 is 2. The van der Waals surface area contributed by atoms with Gasteiger partial charge in [0.2, 0.25) is 11.8 Å². The predicted octanol–water partition coefficient (Wildman–Crippen LogP) is 4.49. The van der Waals surface area contributed by atoms with Gasteiger partial charge in [-0.1, -0.05) is 0 Å². The van der Waals surface area contributed by atoms with Crippen LogP contribution in [0.3, 0.4) is 0 Å². The molecule has 6 nitrogen and oxygen atoms in total. The van der Waals surface area contributed by atoms with Crippen LogP contribution in [-0.2, 0) is 35.3 Å². The van der Waals surface area contributed by atoms with E-state index >= 15 is 0 Å². The summed E-state index contributed by atoms with van der Waals surface area (Å²) < 4.78 is 11.4. The van der Waals surface area contributed by atoms with Crippen LogP contribution >= 0.6 is 21.6 Å². The van der Waals surface area contributed by atoms with Gasteiger partial charge in [0.1, 0.15) is 11.5 Å². The van der Waals surface area contributed by atoms with E-state index in [0.717, 1.165) is 59.8 Å². The lowest BCUT2D eigenvalue weighted by atomic mass is 9.88. The maximum Gasteiger partial charge on any atom is 0.217 e. The molecule has 0 aliphatic heterocycles. The van der Waals surface area contributed by atoms with Gasteiger partial charge in [0, 0.05) is 25.9 Å². The average Bonchev–Trinajstić information content (AvgIpc) is 2.80. The number of fused-ring (bicyclic) bond motifs is 2. The largest absolute Gasteiger partial charge is 0.496 e. The molecule has 0 spiro atoms. The number of nitrogens with one attached hydrogen (secondary N) is 2. The Morgan fingerprint density at radius 1 is 0.735 bits per heavy atom. The third-order valence-electron chi connectivity index (χ3n) is 6.46. The molecule has 2 atom stereocenters. The third-order valence-corrected chi connectivity index (χ3v) is 8.87. The molecule has 2 aliphatic carbocycles. The summed E-state index contributed by atoms with van der Waals surface area (Å²) in [5.74, 6) is 1.76. The molecule has 2 amide bonds. The molecule has 0 fully saturated rings. The molecule has 4 rings (SSSR count). The fraction of sp³-hybridized carbons (Fsp3) is 0.462. The number of aryl methyl sites for hydroxylation is 2. The van der Waals surface area contributed by atoms with E-state index in [0.29, 0.717) is 0 Å². The van der Waals surface area contributed by atoms with Crippen LogP contribution in [0.4, 0.5) is 0 Å². The highest BCUT2D eigenvalue weighted by Crippen LogP contribution is 2.47. The first-order valence-corrected chi connectivity index (χ1v) is 13.8. The van der Waals surface area contributed by atoms with Crippen molar-refractivity contribution in [2.24, 2.45) is 0 Å². The lowest BCUT2D eigenvalue weighted by Gasteiger charge is -2.27. The molecular weight excluding hydrogens is 468 g/mol. The van der Waals surface area contributed by atoms with Gasteiger partial charge >= 0.3 is 0 Å². The Hall–Kier alpha value is -2.32. The van der Waals surface area contributed by atoms with Crippen LogP contribution in [0.5, 0.6) is 11.5 Å². The van der Waals surface area contributed by atoms with Crippen molar-refractivity contribution in [3.8, 4) is 11.5 Å². The van der Waals surface area contributed by atoms with E-state index in [1.54, 1.807) is 49.7 Å². The van der Waals surface area contributed by atoms with Gasteiger partial charge in [-0.25, -0.2) is 0 Å². The Labute approximate surface area is 209 Å². The maximum atomic E-state index is 11.5. The summed E-state index contributed by atoms with van der Waals surface area (Å²) in [4.78, 5) is 25.1. The molecule has 2 aliphatic rings. The van der Waals surface area contributed by atoms with Crippen molar-refractivity contribution in [2.45, 2.75) is 74.2 Å². The lowest BCUT2D eigenvalue weighted by molar-refractivity contribution is -0.120. The number of amides is 2. The highest BCUT2D eigenvalue weighted by atomic mass is 33.1. The number of carbonyl (C=O) groups excluding carboxylic acids is 2. The van der Waals surface area contributed by atoms with Gasteiger partial charge in [-0.15, -0.1) is 0 Å². The van der Waals surface area contributed by atoms with Crippen LogP contribution in [0.15, 0.2) is 34.1 Å². The first kappa shape index (κ1) is 24.8. The zero-order chi connectivity index (χ0) is 24.2. The molecule has 2 N–H and O–H groups in total. The van der Waals surface area contributed by atoms with E-state index in [-0.39, 0.29) is 23.9 Å². The molecule has 0 heterocycles. The molecule has 8 heteroatoms. The van der Waals surface area contributed by atoms with Crippen LogP contribution in [-0.4, -0.2) is 38.1 Å². The van der Waals surface area contributed by atoms with Gasteiger partial charge < -0.3 is 20.1 Å². The smallest absolute Gasteiger partial charge is 0.217 e. The van der Waals surface area contributed by atoms with E-state index in [9.17, 15) is 9.59 Å². The topological polar surface area (TPSA) is 76.7 Å². The van der Waals surface area contributed by atoms with Crippen molar-refractivity contribution in [3.63, 3.8) is 0 Å². The normalized spacial score (nSPS) is 18.9. The van der Waals surface area contributed by atoms with Gasteiger partial charge in [-0.2, -0.15) is 0 Å². The second-order valence-electron chi connectivity index (χ2n) is 8.99. The molecule has 2 aromatic carbocycles. The minimum Gasteiger partial charge on any atom is -0.496 e. The van der Waals surface area contributed by atoms with Gasteiger partial charge in [0.05, 0.1) is 24.0 Å². The minimum atomic E-state index is 0.0219. The first-order valence-electron chi connectivity index (χ1n) is 11.6. The van der Waals surface area contributed by atoms with Crippen molar-refractivity contribution in [1.29, 1.82) is 0 Å². The van der Waals surface area contributed by atoms with Crippen LogP contribution < -0.4 is 20.1 Å². The summed E-state index contributed by atoms with van der Waals surface area (Å²) in [5, 5.41) is 6.09. The molecular formula is C26H32N2O4S2. The number of benzene rings is 2. The first-order chi connectivity index (χ1) is 16.4. The summed E-state index contributed by atoms with van der Waals surface area (Å²) in [6, 6.07) is 9.09. The lowest BCUT2D eigenvalue weighted by Crippen LogP contribution is -2.37. The van der Waals surface area contributed by atoms with Crippen molar-refractivity contribution >= 4 is 33.4 Å². The van der Waals surface area contributed by atoms with E-state index in [4.69, 9.17) is 9.47 Å². The maximum absolute atomic E-state index is 11.5. The van der Waals surface area contributed by atoms with Crippen molar-refractivity contribution < 1.29 is 19.1 Å². The summed E-state index contributed by atoms with van der Waals surface area (Å²) in [5.41, 5.74) is 5.14. The van der Waals surface area contributed by atoms with Gasteiger partial charge in [-0.3, -0.25) is 9.59 Å². The molecule has 0 radical (unpaired) electrons. The summed E-state index contributed by atoms with van der Waals surface area (Å²) in [6.07, 6.45) is 5.46. The fourth-order valence-corrected chi connectivity index (χ4v) is 7.22. The average molecular weight is 501 g/mol. The van der Waals surface area contributed by atoms with Gasteiger partial charge in [-0.05, 0) is 107 Å². The number of rotatable bonds is 7. The standard InChI is InChI=1S/C26H32N2O4S2/c1-15(29)27-21-7-5-17-13-25(23(31-3)11-19(17)9-21)33-34-26-14-18-6-8-22(28-16(2)30)10-20(18)12-24(26)32-4/h11-14,21-22H,5-10H2,1-4H3,(H,27,29)(H,28,30). The number of carbonyl (C=O) groups is 2. The molecule has 0 saturated heterocycles. The second-order valence-corrected chi connectivity index (χ2v) is 11.2. The van der Waals surface area contributed by atoms with Crippen molar-refractivity contribution in [1.82, 2.24) is 10.6 Å². The molecule has 182 valence electrons. The number of hydrogen-bond acceptors (Lipinski definition) is 6. The number of hydrogen-bond donors (Lipinski definition) is 2.